The maximum absolute atomic E-state index is 6.11. The third-order valence-electron chi connectivity index (χ3n) is 5.97. The molecule has 0 atom stereocenters. The van der Waals surface area contributed by atoms with Crippen molar-refractivity contribution in [3.05, 3.63) is 90.8 Å². The number of rotatable bonds is 2. The summed E-state index contributed by atoms with van der Waals surface area (Å²) in [4.78, 5) is 14.7. The Morgan fingerprint density at radius 3 is 2.15 bits per heavy atom. The lowest BCUT2D eigenvalue weighted by atomic mass is 9.95. The zero-order valence-electron chi connectivity index (χ0n) is 18.8. The molecule has 0 bridgehead atoms. The Morgan fingerprint density at radius 1 is 0.606 bits per heavy atom. The van der Waals surface area contributed by atoms with E-state index in [0.29, 0.717) is 11.6 Å². The highest BCUT2D eigenvalue weighted by atomic mass is 16.3. The molecule has 4 nitrogen and oxygen atoms in total. The van der Waals surface area contributed by atoms with Gasteiger partial charge >= 0.3 is 0 Å². The molecule has 0 aliphatic heterocycles. The molecule has 33 heavy (non-hydrogen) atoms. The molecule has 6 aromatic rings. The Balaban J connectivity index is 1.58. The molecule has 6 rings (SSSR count). The lowest BCUT2D eigenvalue weighted by Gasteiger charge is -2.18. The Labute approximate surface area is 192 Å². The average molecular weight is 430 g/mol. The van der Waals surface area contributed by atoms with Gasteiger partial charge in [-0.15, -0.1) is 0 Å². The monoisotopic (exact) mass is 429 g/mol. The lowest BCUT2D eigenvalue weighted by molar-refractivity contribution is 0.543. The Bertz CT molecular complexity index is 1650. The maximum Gasteiger partial charge on any atom is 0.164 e. The van der Waals surface area contributed by atoms with E-state index in [1.807, 2.05) is 36.4 Å². The zero-order valence-corrected chi connectivity index (χ0v) is 18.8. The van der Waals surface area contributed by atoms with Crippen molar-refractivity contribution in [2.24, 2.45) is 0 Å². The molecule has 2 heterocycles. The van der Waals surface area contributed by atoms with E-state index in [4.69, 9.17) is 19.4 Å². The van der Waals surface area contributed by atoms with Crippen LogP contribution >= 0.6 is 0 Å². The number of hydrogen-bond acceptors (Lipinski definition) is 4. The van der Waals surface area contributed by atoms with E-state index < -0.39 is 0 Å². The first kappa shape index (κ1) is 19.6. The molecule has 2 aromatic heterocycles. The molecule has 0 radical (unpaired) electrons. The molecule has 4 aromatic carbocycles. The van der Waals surface area contributed by atoms with Crippen LogP contribution in [0.25, 0.3) is 55.5 Å². The largest absolute Gasteiger partial charge is 0.456 e. The standard InChI is InChI=1S/C29H23N3O/c1-29(2,3)28-31-26(19-15-16-22-21-12-6-7-14-24(21)33-25(22)17-19)30-27(32-28)23-13-8-10-18-9-4-5-11-20(18)23/h4-17H,1-3H3. The van der Waals surface area contributed by atoms with Crippen LogP contribution < -0.4 is 0 Å². The summed E-state index contributed by atoms with van der Waals surface area (Å²) in [6.07, 6.45) is 0. The van der Waals surface area contributed by atoms with Gasteiger partial charge < -0.3 is 4.42 Å². The van der Waals surface area contributed by atoms with Crippen molar-refractivity contribution < 1.29 is 4.42 Å². The first-order chi connectivity index (χ1) is 16.0. The first-order valence-electron chi connectivity index (χ1n) is 11.1. The van der Waals surface area contributed by atoms with Crippen molar-refractivity contribution in [3.63, 3.8) is 0 Å². The first-order valence-corrected chi connectivity index (χ1v) is 11.1. The second-order valence-electron chi connectivity index (χ2n) is 9.39. The molecule has 0 amide bonds. The van der Waals surface area contributed by atoms with Crippen molar-refractivity contribution in [1.82, 2.24) is 15.0 Å². The van der Waals surface area contributed by atoms with E-state index in [0.717, 1.165) is 49.7 Å². The van der Waals surface area contributed by atoms with Gasteiger partial charge in [-0.1, -0.05) is 87.5 Å². The van der Waals surface area contributed by atoms with Gasteiger partial charge in [0.25, 0.3) is 0 Å². The number of hydrogen-bond donors (Lipinski definition) is 0. The minimum absolute atomic E-state index is 0.222. The van der Waals surface area contributed by atoms with Crippen LogP contribution in [0.3, 0.4) is 0 Å². The summed E-state index contributed by atoms with van der Waals surface area (Å²) in [7, 11) is 0. The number of benzene rings is 4. The van der Waals surface area contributed by atoms with Gasteiger partial charge in [0, 0.05) is 27.3 Å². The molecule has 0 N–H and O–H groups in total. The molecule has 0 saturated heterocycles. The second-order valence-corrected chi connectivity index (χ2v) is 9.39. The highest BCUT2D eigenvalue weighted by Gasteiger charge is 2.22. The lowest BCUT2D eigenvalue weighted by Crippen LogP contribution is -2.18. The predicted octanol–water partition coefficient (Wildman–Crippen LogP) is 7.56. The Kier molecular flexibility index (Phi) is 4.31. The number of para-hydroxylation sites is 1. The normalized spacial score (nSPS) is 12.1. The predicted molar refractivity (Wildman–Crippen MR) is 134 cm³/mol. The van der Waals surface area contributed by atoms with Gasteiger partial charge in [-0.2, -0.15) is 0 Å². The van der Waals surface area contributed by atoms with Crippen molar-refractivity contribution in [1.29, 1.82) is 0 Å². The van der Waals surface area contributed by atoms with Gasteiger partial charge in [0.1, 0.15) is 17.0 Å². The topological polar surface area (TPSA) is 51.8 Å². The van der Waals surface area contributed by atoms with E-state index >= 15 is 0 Å². The van der Waals surface area contributed by atoms with E-state index in [9.17, 15) is 0 Å². The summed E-state index contributed by atoms with van der Waals surface area (Å²) in [5, 5.41) is 4.50. The van der Waals surface area contributed by atoms with E-state index in [-0.39, 0.29) is 5.41 Å². The summed E-state index contributed by atoms with van der Waals surface area (Å²) >= 11 is 0. The van der Waals surface area contributed by atoms with Crippen LogP contribution in [0.2, 0.25) is 0 Å². The average Bonchev–Trinajstić information content (AvgIpc) is 3.21. The fourth-order valence-corrected chi connectivity index (χ4v) is 4.25. The number of nitrogens with zero attached hydrogens (tertiary/aromatic N) is 3. The molecule has 0 fully saturated rings. The number of furan rings is 1. The molecule has 4 heteroatoms. The highest BCUT2D eigenvalue weighted by Crippen LogP contribution is 2.33. The van der Waals surface area contributed by atoms with Gasteiger partial charge in [0.05, 0.1) is 0 Å². The second kappa shape index (κ2) is 7.24. The number of fused-ring (bicyclic) bond motifs is 4. The summed E-state index contributed by atoms with van der Waals surface area (Å²) in [6.45, 7) is 6.38. The SMILES string of the molecule is CC(C)(C)c1nc(-c2ccc3c(c2)oc2ccccc23)nc(-c2cccc3ccccc23)n1. The summed E-state index contributed by atoms with van der Waals surface area (Å²) in [6, 6.07) is 28.9. The van der Waals surface area contributed by atoms with Gasteiger partial charge in [-0.25, -0.2) is 15.0 Å². The highest BCUT2D eigenvalue weighted by molar-refractivity contribution is 6.05. The van der Waals surface area contributed by atoms with Crippen LogP contribution in [0.1, 0.15) is 26.6 Å². The summed E-state index contributed by atoms with van der Waals surface area (Å²) in [5.41, 5.74) is 3.41. The van der Waals surface area contributed by atoms with Crippen LogP contribution in [-0.4, -0.2) is 15.0 Å². The van der Waals surface area contributed by atoms with Gasteiger partial charge in [0.15, 0.2) is 11.6 Å². The Morgan fingerprint density at radius 2 is 1.30 bits per heavy atom. The fraction of sp³-hybridized carbons (Fsp3) is 0.138. The third kappa shape index (κ3) is 3.35. The molecule has 0 aliphatic carbocycles. The van der Waals surface area contributed by atoms with Crippen LogP contribution in [0.15, 0.2) is 89.3 Å². The van der Waals surface area contributed by atoms with Crippen molar-refractivity contribution in [3.8, 4) is 22.8 Å². The van der Waals surface area contributed by atoms with Crippen molar-refractivity contribution >= 4 is 32.7 Å². The fourth-order valence-electron chi connectivity index (χ4n) is 4.25. The van der Waals surface area contributed by atoms with E-state index in [1.165, 1.54) is 0 Å². The van der Waals surface area contributed by atoms with E-state index in [2.05, 4.69) is 69.3 Å². The van der Waals surface area contributed by atoms with Crippen LogP contribution in [0.4, 0.5) is 0 Å². The quantitative estimate of drug-likeness (QED) is 0.285. The van der Waals surface area contributed by atoms with Crippen LogP contribution in [-0.2, 0) is 5.41 Å². The molecule has 0 saturated carbocycles. The van der Waals surface area contributed by atoms with Crippen molar-refractivity contribution in [2.45, 2.75) is 26.2 Å². The molecule has 160 valence electrons. The molecule has 0 unspecified atom stereocenters. The molecule has 0 aliphatic rings. The van der Waals surface area contributed by atoms with Gasteiger partial charge in [-0.3, -0.25) is 0 Å². The zero-order chi connectivity index (χ0) is 22.6. The minimum Gasteiger partial charge on any atom is -0.456 e. The summed E-state index contributed by atoms with van der Waals surface area (Å²) in [5.74, 6) is 2.10. The number of aromatic nitrogens is 3. The minimum atomic E-state index is -0.222. The maximum atomic E-state index is 6.11. The molecule has 0 spiro atoms. The summed E-state index contributed by atoms with van der Waals surface area (Å²) < 4.78 is 6.11. The molecular formula is C29H23N3O. The van der Waals surface area contributed by atoms with Gasteiger partial charge in [0.2, 0.25) is 0 Å². The van der Waals surface area contributed by atoms with Crippen LogP contribution in [0, 0.1) is 0 Å². The smallest absolute Gasteiger partial charge is 0.164 e. The van der Waals surface area contributed by atoms with Gasteiger partial charge in [-0.05, 0) is 29.0 Å². The van der Waals surface area contributed by atoms with E-state index in [1.54, 1.807) is 0 Å². The van der Waals surface area contributed by atoms with Crippen LogP contribution in [0.5, 0.6) is 0 Å². The van der Waals surface area contributed by atoms with Crippen molar-refractivity contribution in [2.75, 3.05) is 0 Å². The Hall–Kier alpha value is -4.05. The third-order valence-corrected chi connectivity index (χ3v) is 5.97. The molecular weight excluding hydrogens is 406 g/mol.